The van der Waals surface area contributed by atoms with Gasteiger partial charge in [0.15, 0.2) is 0 Å². The van der Waals surface area contributed by atoms with Crippen LogP contribution in [-0.4, -0.2) is 17.3 Å². The summed E-state index contributed by atoms with van der Waals surface area (Å²) in [5, 5.41) is 2.82. The first-order chi connectivity index (χ1) is 11.7. The first-order valence-corrected chi connectivity index (χ1v) is 9.38. The number of hydrogen-bond donors (Lipinski definition) is 1. The van der Waals surface area contributed by atoms with Crippen LogP contribution in [0.3, 0.4) is 0 Å². The fraction of sp³-hybridized carbons (Fsp3) is 0.350. The van der Waals surface area contributed by atoms with Crippen LogP contribution in [0.1, 0.15) is 32.6 Å². The van der Waals surface area contributed by atoms with Gasteiger partial charge in [0, 0.05) is 10.6 Å². The third-order valence-electron chi connectivity index (χ3n) is 4.15. The highest BCUT2D eigenvalue weighted by atomic mass is 32.2. The van der Waals surface area contributed by atoms with Crippen LogP contribution < -0.4 is 10.1 Å². The maximum absolute atomic E-state index is 12.3. The maximum atomic E-state index is 12.3. The molecule has 0 heterocycles. The summed E-state index contributed by atoms with van der Waals surface area (Å²) < 4.78 is 5.94. The Labute approximate surface area is 147 Å². The topological polar surface area (TPSA) is 38.3 Å². The van der Waals surface area contributed by atoms with Crippen LogP contribution in [0.25, 0.3) is 0 Å². The molecule has 4 heteroatoms. The first kappa shape index (κ1) is 16.9. The molecule has 1 saturated carbocycles. The average molecular weight is 341 g/mol. The van der Waals surface area contributed by atoms with Gasteiger partial charge in [-0.1, -0.05) is 18.2 Å². The Morgan fingerprint density at radius 2 is 1.75 bits per heavy atom. The molecule has 1 amide bonds. The molecule has 0 spiro atoms. The fourth-order valence-corrected chi connectivity index (χ4v) is 3.70. The lowest BCUT2D eigenvalue weighted by Crippen LogP contribution is -2.22. The van der Waals surface area contributed by atoms with Gasteiger partial charge in [0.2, 0.25) is 5.91 Å². The van der Waals surface area contributed by atoms with E-state index in [-0.39, 0.29) is 11.2 Å². The van der Waals surface area contributed by atoms with Gasteiger partial charge in [0.1, 0.15) is 5.75 Å². The smallest absolute Gasteiger partial charge is 0.237 e. The Morgan fingerprint density at radius 3 is 2.42 bits per heavy atom. The summed E-state index contributed by atoms with van der Waals surface area (Å²) in [4.78, 5) is 13.4. The average Bonchev–Trinajstić information content (AvgIpc) is 3.10. The lowest BCUT2D eigenvalue weighted by atomic mass is 10.2. The van der Waals surface area contributed by atoms with Crippen molar-refractivity contribution < 1.29 is 9.53 Å². The number of ether oxygens (including phenoxy) is 1. The molecule has 0 radical (unpaired) electrons. The van der Waals surface area contributed by atoms with Crippen LogP contribution >= 0.6 is 11.8 Å². The minimum absolute atomic E-state index is 0.00770. The van der Waals surface area contributed by atoms with Crippen LogP contribution in [0, 0.1) is 0 Å². The highest BCUT2D eigenvalue weighted by molar-refractivity contribution is 8.00. The largest absolute Gasteiger partial charge is 0.490 e. The molecule has 0 aromatic heterocycles. The van der Waals surface area contributed by atoms with Gasteiger partial charge < -0.3 is 10.1 Å². The number of anilines is 1. The van der Waals surface area contributed by atoms with Gasteiger partial charge in [-0.05, 0) is 69.0 Å². The lowest BCUT2D eigenvalue weighted by Gasteiger charge is -2.14. The number of benzene rings is 2. The van der Waals surface area contributed by atoms with Crippen molar-refractivity contribution in [1.82, 2.24) is 0 Å². The lowest BCUT2D eigenvalue weighted by molar-refractivity contribution is -0.115. The van der Waals surface area contributed by atoms with Crippen molar-refractivity contribution in [3.05, 3.63) is 54.6 Å². The van der Waals surface area contributed by atoms with Crippen molar-refractivity contribution in [2.75, 3.05) is 5.32 Å². The Kier molecular flexibility index (Phi) is 5.81. The molecule has 0 bridgehead atoms. The van der Waals surface area contributed by atoms with Gasteiger partial charge in [0.05, 0.1) is 11.4 Å². The molecule has 3 nitrogen and oxygen atoms in total. The zero-order valence-corrected chi connectivity index (χ0v) is 14.7. The van der Waals surface area contributed by atoms with Crippen molar-refractivity contribution >= 4 is 23.4 Å². The quantitative estimate of drug-likeness (QED) is 0.741. The van der Waals surface area contributed by atoms with Gasteiger partial charge in [-0.2, -0.15) is 0 Å². The summed E-state index contributed by atoms with van der Waals surface area (Å²) >= 11 is 1.56. The molecule has 24 heavy (non-hydrogen) atoms. The van der Waals surface area contributed by atoms with E-state index >= 15 is 0 Å². The molecule has 0 unspecified atom stereocenters. The van der Waals surface area contributed by atoms with E-state index in [1.807, 2.05) is 61.5 Å². The molecule has 1 atom stereocenters. The van der Waals surface area contributed by atoms with E-state index in [4.69, 9.17) is 4.74 Å². The van der Waals surface area contributed by atoms with E-state index in [0.717, 1.165) is 29.2 Å². The summed E-state index contributed by atoms with van der Waals surface area (Å²) in [6, 6.07) is 17.7. The molecule has 126 valence electrons. The number of nitrogens with one attached hydrogen (secondary N) is 1. The van der Waals surface area contributed by atoms with Gasteiger partial charge >= 0.3 is 0 Å². The number of carbonyl (C=O) groups is 1. The number of thioether (sulfide) groups is 1. The second kappa shape index (κ2) is 8.25. The summed E-state index contributed by atoms with van der Waals surface area (Å²) in [7, 11) is 0. The highest BCUT2D eigenvalue weighted by Crippen LogP contribution is 2.26. The molecule has 0 saturated heterocycles. The molecule has 1 fully saturated rings. The monoisotopic (exact) mass is 341 g/mol. The van der Waals surface area contributed by atoms with Crippen LogP contribution in [-0.2, 0) is 4.79 Å². The van der Waals surface area contributed by atoms with E-state index in [1.54, 1.807) is 11.8 Å². The Hall–Kier alpha value is -1.94. The van der Waals surface area contributed by atoms with Crippen LogP contribution in [0.5, 0.6) is 5.75 Å². The normalized spacial score (nSPS) is 15.9. The number of carbonyl (C=O) groups excluding carboxylic acids is 1. The second-order valence-electron chi connectivity index (χ2n) is 6.11. The van der Waals surface area contributed by atoms with Gasteiger partial charge in [0.25, 0.3) is 0 Å². The SMILES string of the molecule is C[C@@H](Sc1ccccc1)C(=O)Nc1ccc(OC2CCCC2)cc1. The van der Waals surface area contributed by atoms with E-state index < -0.39 is 0 Å². The zero-order chi connectivity index (χ0) is 16.8. The van der Waals surface area contributed by atoms with E-state index in [9.17, 15) is 4.79 Å². The first-order valence-electron chi connectivity index (χ1n) is 8.50. The second-order valence-corrected chi connectivity index (χ2v) is 7.53. The highest BCUT2D eigenvalue weighted by Gasteiger charge is 2.17. The summed E-state index contributed by atoms with van der Waals surface area (Å²) in [6.07, 6.45) is 5.16. The van der Waals surface area contributed by atoms with E-state index in [0.29, 0.717) is 6.10 Å². The molecule has 1 aliphatic carbocycles. The minimum atomic E-state index is -0.151. The standard InChI is InChI=1S/C20H23NO2S/c1-15(24-19-9-3-2-4-10-19)20(22)21-16-11-13-18(14-12-16)23-17-7-5-6-8-17/h2-4,9-15,17H,5-8H2,1H3,(H,21,22)/t15-/m1/s1. The Bertz CT molecular complexity index is 651. The van der Waals surface area contributed by atoms with Crippen molar-refractivity contribution in [3.63, 3.8) is 0 Å². The molecule has 1 N–H and O–H groups in total. The van der Waals surface area contributed by atoms with Gasteiger partial charge in [-0.25, -0.2) is 0 Å². The molecule has 2 aromatic carbocycles. The van der Waals surface area contributed by atoms with Crippen LogP contribution in [0.15, 0.2) is 59.5 Å². The molecule has 3 rings (SSSR count). The van der Waals surface area contributed by atoms with E-state index in [2.05, 4.69) is 5.32 Å². The summed E-state index contributed by atoms with van der Waals surface area (Å²) in [5.41, 5.74) is 0.805. The molecule has 1 aliphatic rings. The Balaban J connectivity index is 1.52. The minimum Gasteiger partial charge on any atom is -0.490 e. The van der Waals surface area contributed by atoms with Crippen molar-refractivity contribution in [2.24, 2.45) is 0 Å². The van der Waals surface area contributed by atoms with Crippen molar-refractivity contribution in [2.45, 2.75) is 48.9 Å². The molecular weight excluding hydrogens is 318 g/mol. The van der Waals surface area contributed by atoms with Gasteiger partial charge in [-0.15, -0.1) is 11.8 Å². The number of hydrogen-bond acceptors (Lipinski definition) is 3. The number of amides is 1. The summed E-state index contributed by atoms with van der Waals surface area (Å²) in [6.45, 7) is 1.92. The maximum Gasteiger partial charge on any atom is 0.237 e. The van der Waals surface area contributed by atoms with Crippen LogP contribution in [0.4, 0.5) is 5.69 Å². The summed E-state index contributed by atoms with van der Waals surface area (Å²) in [5.74, 6) is 0.889. The third-order valence-corrected chi connectivity index (χ3v) is 5.26. The predicted molar refractivity (Wildman–Crippen MR) is 99.7 cm³/mol. The Morgan fingerprint density at radius 1 is 1.08 bits per heavy atom. The molecule has 0 aliphatic heterocycles. The zero-order valence-electron chi connectivity index (χ0n) is 13.9. The number of rotatable bonds is 6. The molecule has 2 aromatic rings. The van der Waals surface area contributed by atoms with Crippen LogP contribution in [0.2, 0.25) is 0 Å². The molecular formula is C20H23NO2S. The third kappa shape index (κ3) is 4.78. The van der Waals surface area contributed by atoms with Crippen molar-refractivity contribution in [3.8, 4) is 5.75 Å². The fourth-order valence-electron chi connectivity index (χ4n) is 2.82. The van der Waals surface area contributed by atoms with E-state index in [1.165, 1.54) is 12.8 Å². The van der Waals surface area contributed by atoms with Crippen molar-refractivity contribution in [1.29, 1.82) is 0 Å². The predicted octanol–water partition coefficient (Wildman–Crippen LogP) is 5.13. The van der Waals surface area contributed by atoms with Gasteiger partial charge in [-0.3, -0.25) is 4.79 Å².